The molecule has 1 heterocycles. The minimum absolute atomic E-state index is 0.276. The first-order chi connectivity index (χ1) is 15.1. The van der Waals surface area contributed by atoms with Crippen LogP contribution in [0.3, 0.4) is 0 Å². The Bertz CT molecular complexity index is 1310. The van der Waals surface area contributed by atoms with Crippen LogP contribution < -0.4 is 14.3 Å². The first-order valence-electron chi connectivity index (χ1n) is 10.1. The molecule has 6 nitrogen and oxygen atoms in total. The average molecular weight is 437 g/mol. The SMILES string of the molecule is CCOCCn1c(=NC(=O)c2ccc3ccccc3c2)sc2cc(OC)c(OC)cc21. The van der Waals surface area contributed by atoms with Crippen LogP contribution in [0.15, 0.2) is 59.6 Å². The summed E-state index contributed by atoms with van der Waals surface area (Å²) in [4.78, 5) is 18.1. The predicted molar refractivity (Wildman–Crippen MR) is 123 cm³/mol. The molecule has 4 rings (SSSR count). The normalized spacial score (nSPS) is 11.9. The van der Waals surface area contributed by atoms with E-state index in [1.807, 2.05) is 66.1 Å². The summed E-state index contributed by atoms with van der Waals surface area (Å²) in [5.74, 6) is 0.993. The van der Waals surface area contributed by atoms with Gasteiger partial charge in [0.1, 0.15) is 0 Å². The molecule has 0 saturated carbocycles. The molecule has 0 aliphatic heterocycles. The second-order valence-electron chi connectivity index (χ2n) is 6.89. The molecule has 0 bridgehead atoms. The lowest BCUT2D eigenvalue weighted by atomic mass is 10.1. The van der Waals surface area contributed by atoms with Gasteiger partial charge in [0.15, 0.2) is 16.3 Å². The molecule has 0 aliphatic rings. The van der Waals surface area contributed by atoms with Crippen molar-refractivity contribution in [2.75, 3.05) is 27.4 Å². The average Bonchev–Trinajstić information content (AvgIpc) is 3.13. The molecule has 0 spiro atoms. The zero-order valence-electron chi connectivity index (χ0n) is 17.8. The maximum atomic E-state index is 13.0. The monoisotopic (exact) mass is 436 g/mol. The van der Waals surface area contributed by atoms with E-state index in [2.05, 4.69) is 4.99 Å². The van der Waals surface area contributed by atoms with Crippen molar-refractivity contribution in [3.8, 4) is 11.5 Å². The maximum absolute atomic E-state index is 13.0. The highest BCUT2D eigenvalue weighted by molar-refractivity contribution is 7.16. The molecular formula is C24H24N2O4S. The Labute approximate surface area is 184 Å². The van der Waals surface area contributed by atoms with Gasteiger partial charge in [0.05, 0.1) is 31.0 Å². The number of methoxy groups -OCH3 is 2. The summed E-state index contributed by atoms with van der Waals surface area (Å²) >= 11 is 1.44. The van der Waals surface area contributed by atoms with Crippen molar-refractivity contribution < 1.29 is 19.0 Å². The summed E-state index contributed by atoms with van der Waals surface area (Å²) in [6, 6.07) is 17.4. The van der Waals surface area contributed by atoms with Gasteiger partial charge in [-0.3, -0.25) is 4.79 Å². The molecule has 1 amide bonds. The number of hydrogen-bond donors (Lipinski definition) is 0. The summed E-state index contributed by atoms with van der Waals surface area (Å²) < 4.78 is 19.4. The second-order valence-corrected chi connectivity index (χ2v) is 7.90. The van der Waals surface area contributed by atoms with Crippen LogP contribution in [-0.4, -0.2) is 37.9 Å². The first-order valence-corrected chi connectivity index (χ1v) is 10.9. The highest BCUT2D eigenvalue weighted by Crippen LogP contribution is 2.33. The molecule has 7 heteroatoms. The van der Waals surface area contributed by atoms with Gasteiger partial charge in [0.25, 0.3) is 5.91 Å². The quantitative estimate of drug-likeness (QED) is 0.396. The topological polar surface area (TPSA) is 62.1 Å². The highest BCUT2D eigenvalue weighted by Gasteiger charge is 2.14. The molecule has 0 aliphatic carbocycles. The lowest BCUT2D eigenvalue weighted by Crippen LogP contribution is -2.19. The van der Waals surface area contributed by atoms with E-state index in [1.165, 1.54) is 11.3 Å². The van der Waals surface area contributed by atoms with Crippen LogP contribution in [0.2, 0.25) is 0 Å². The summed E-state index contributed by atoms with van der Waals surface area (Å²) in [6.45, 7) is 3.68. The van der Waals surface area contributed by atoms with E-state index in [4.69, 9.17) is 14.2 Å². The van der Waals surface area contributed by atoms with Crippen LogP contribution >= 0.6 is 11.3 Å². The summed E-state index contributed by atoms with van der Waals surface area (Å²) in [5, 5.41) is 2.10. The summed E-state index contributed by atoms with van der Waals surface area (Å²) in [7, 11) is 3.21. The van der Waals surface area contributed by atoms with Gasteiger partial charge in [0, 0.05) is 30.8 Å². The van der Waals surface area contributed by atoms with Crippen LogP contribution in [0.4, 0.5) is 0 Å². The number of ether oxygens (including phenoxy) is 3. The van der Waals surface area contributed by atoms with Crippen molar-refractivity contribution >= 4 is 38.2 Å². The maximum Gasteiger partial charge on any atom is 0.279 e. The molecule has 1 aromatic heterocycles. The van der Waals surface area contributed by atoms with Crippen molar-refractivity contribution in [1.82, 2.24) is 4.57 Å². The number of carbonyl (C=O) groups excluding carboxylic acids is 1. The minimum atomic E-state index is -0.276. The largest absolute Gasteiger partial charge is 0.493 e. The van der Waals surface area contributed by atoms with Gasteiger partial charge in [-0.2, -0.15) is 4.99 Å². The number of thiazole rings is 1. The molecule has 0 fully saturated rings. The first kappa shape index (κ1) is 21.1. The number of rotatable bonds is 7. The van der Waals surface area contributed by atoms with Gasteiger partial charge in [-0.25, -0.2) is 0 Å². The number of aromatic nitrogens is 1. The third-order valence-electron chi connectivity index (χ3n) is 5.05. The van der Waals surface area contributed by atoms with E-state index in [0.29, 0.717) is 41.6 Å². The van der Waals surface area contributed by atoms with Crippen molar-refractivity contribution in [2.45, 2.75) is 13.5 Å². The Morgan fingerprint density at radius 2 is 1.74 bits per heavy atom. The van der Waals surface area contributed by atoms with Gasteiger partial charge in [-0.05, 0) is 29.8 Å². The number of carbonyl (C=O) groups is 1. The highest BCUT2D eigenvalue weighted by atomic mass is 32.1. The van der Waals surface area contributed by atoms with Crippen LogP contribution in [0.5, 0.6) is 11.5 Å². The standard InChI is InChI=1S/C24H24N2O4S/c1-4-30-12-11-26-19-14-20(28-2)21(29-3)15-22(19)31-24(26)25-23(27)18-10-9-16-7-5-6-8-17(16)13-18/h5-10,13-15H,4,11-12H2,1-3H3. The fourth-order valence-corrected chi connectivity index (χ4v) is 4.54. The Morgan fingerprint density at radius 3 is 2.48 bits per heavy atom. The number of nitrogens with zero attached hydrogens (tertiary/aromatic N) is 2. The molecule has 3 aromatic carbocycles. The molecule has 0 saturated heterocycles. The Balaban J connectivity index is 1.82. The van der Waals surface area contributed by atoms with Gasteiger partial charge in [-0.15, -0.1) is 0 Å². The van der Waals surface area contributed by atoms with Crippen LogP contribution in [0.25, 0.3) is 21.0 Å². The lowest BCUT2D eigenvalue weighted by molar-refractivity contribution is 0.0996. The van der Waals surface area contributed by atoms with Gasteiger partial charge in [-0.1, -0.05) is 41.7 Å². The number of fused-ring (bicyclic) bond motifs is 2. The number of amides is 1. The number of benzene rings is 3. The zero-order chi connectivity index (χ0) is 21.8. The number of hydrogen-bond acceptors (Lipinski definition) is 5. The fraction of sp³-hybridized carbons (Fsp3) is 0.250. The van der Waals surface area contributed by atoms with Crippen LogP contribution in [0.1, 0.15) is 17.3 Å². The molecule has 0 radical (unpaired) electrons. The second kappa shape index (κ2) is 9.32. The Morgan fingerprint density at radius 1 is 1.00 bits per heavy atom. The van der Waals surface area contributed by atoms with E-state index in [1.54, 1.807) is 14.2 Å². The Kier molecular flexibility index (Phi) is 6.34. The van der Waals surface area contributed by atoms with Gasteiger partial charge in [0.2, 0.25) is 0 Å². The van der Waals surface area contributed by atoms with Crippen LogP contribution in [-0.2, 0) is 11.3 Å². The third-order valence-corrected chi connectivity index (χ3v) is 6.09. The molecular weight excluding hydrogens is 412 g/mol. The van der Waals surface area contributed by atoms with E-state index in [9.17, 15) is 4.79 Å². The van der Waals surface area contributed by atoms with Crippen molar-refractivity contribution in [3.05, 3.63) is 65.0 Å². The molecule has 160 valence electrons. The molecule has 0 N–H and O–H groups in total. The van der Waals surface area contributed by atoms with E-state index in [-0.39, 0.29) is 5.91 Å². The zero-order valence-corrected chi connectivity index (χ0v) is 18.6. The lowest BCUT2D eigenvalue weighted by Gasteiger charge is -2.09. The predicted octanol–water partition coefficient (Wildman–Crippen LogP) is 4.65. The molecule has 4 aromatic rings. The Hall–Kier alpha value is -3.16. The smallest absolute Gasteiger partial charge is 0.279 e. The van der Waals surface area contributed by atoms with Gasteiger partial charge >= 0.3 is 0 Å². The fourth-order valence-electron chi connectivity index (χ4n) is 3.47. The molecule has 0 unspecified atom stereocenters. The van der Waals surface area contributed by atoms with E-state index in [0.717, 1.165) is 21.0 Å². The van der Waals surface area contributed by atoms with E-state index >= 15 is 0 Å². The minimum Gasteiger partial charge on any atom is -0.493 e. The molecule has 31 heavy (non-hydrogen) atoms. The third kappa shape index (κ3) is 4.33. The van der Waals surface area contributed by atoms with Gasteiger partial charge < -0.3 is 18.8 Å². The van der Waals surface area contributed by atoms with Crippen molar-refractivity contribution in [1.29, 1.82) is 0 Å². The van der Waals surface area contributed by atoms with Crippen molar-refractivity contribution in [2.24, 2.45) is 4.99 Å². The summed E-state index contributed by atoms with van der Waals surface area (Å²) in [6.07, 6.45) is 0. The van der Waals surface area contributed by atoms with Crippen molar-refractivity contribution in [3.63, 3.8) is 0 Å². The van der Waals surface area contributed by atoms with E-state index < -0.39 is 0 Å². The van der Waals surface area contributed by atoms with Crippen LogP contribution in [0, 0.1) is 0 Å². The summed E-state index contributed by atoms with van der Waals surface area (Å²) in [5.41, 5.74) is 1.48. The molecule has 0 atom stereocenters.